The first-order chi connectivity index (χ1) is 6.10. The molecule has 0 heterocycles. The van der Waals surface area contributed by atoms with Crippen molar-refractivity contribution < 1.29 is 9.53 Å². The van der Waals surface area contributed by atoms with Gasteiger partial charge < -0.3 is 9.53 Å². The van der Waals surface area contributed by atoms with E-state index in [1.54, 1.807) is 7.11 Å². The van der Waals surface area contributed by atoms with Crippen LogP contribution in [0.25, 0.3) is 0 Å². The van der Waals surface area contributed by atoms with E-state index in [-0.39, 0.29) is 0 Å². The third kappa shape index (κ3) is 2.08. The summed E-state index contributed by atoms with van der Waals surface area (Å²) in [6.07, 6.45) is 0.953. The first-order valence-electron chi connectivity index (χ1n) is 4.21. The third-order valence-corrected chi connectivity index (χ3v) is 2.13. The molecule has 0 N–H and O–H groups in total. The van der Waals surface area contributed by atoms with E-state index in [0.717, 1.165) is 17.6 Å². The van der Waals surface area contributed by atoms with Crippen molar-refractivity contribution >= 4 is 6.29 Å². The van der Waals surface area contributed by atoms with Crippen LogP contribution in [0.3, 0.4) is 0 Å². The lowest BCUT2D eigenvalue weighted by atomic mass is 9.86. The smallest absolute Gasteiger partial charge is 0.129 e. The van der Waals surface area contributed by atoms with Crippen molar-refractivity contribution in [2.45, 2.75) is 19.3 Å². The van der Waals surface area contributed by atoms with Crippen molar-refractivity contribution in [2.75, 3.05) is 7.11 Å². The second-order valence-corrected chi connectivity index (χ2v) is 3.57. The summed E-state index contributed by atoms with van der Waals surface area (Å²) in [6.45, 7) is 3.78. The molecule has 0 amide bonds. The molecule has 0 bridgehead atoms. The molecule has 0 atom stereocenters. The number of benzene rings is 1. The lowest BCUT2D eigenvalue weighted by Gasteiger charge is -2.17. The molecule has 1 rings (SSSR count). The molecule has 2 nitrogen and oxygen atoms in total. The van der Waals surface area contributed by atoms with Crippen LogP contribution in [-0.2, 0) is 10.2 Å². The van der Waals surface area contributed by atoms with Crippen LogP contribution in [0.4, 0.5) is 0 Å². The van der Waals surface area contributed by atoms with E-state index in [9.17, 15) is 4.79 Å². The standard InChI is InChI=1S/C11H14O2/c1-11(2,8-12)9-4-6-10(13-3)7-5-9/h4-8H,1-3H3. The fourth-order valence-electron chi connectivity index (χ4n) is 1.09. The van der Waals surface area contributed by atoms with Gasteiger partial charge in [0.2, 0.25) is 0 Å². The molecule has 0 saturated heterocycles. The zero-order chi connectivity index (χ0) is 9.90. The van der Waals surface area contributed by atoms with Crippen LogP contribution in [-0.4, -0.2) is 13.4 Å². The van der Waals surface area contributed by atoms with Gasteiger partial charge in [-0.15, -0.1) is 0 Å². The maximum atomic E-state index is 10.8. The number of methoxy groups -OCH3 is 1. The maximum absolute atomic E-state index is 10.8. The van der Waals surface area contributed by atoms with Crippen molar-refractivity contribution in [3.63, 3.8) is 0 Å². The monoisotopic (exact) mass is 178 g/mol. The quantitative estimate of drug-likeness (QED) is 0.663. The van der Waals surface area contributed by atoms with Gasteiger partial charge in [0.05, 0.1) is 7.11 Å². The fourth-order valence-corrected chi connectivity index (χ4v) is 1.09. The van der Waals surface area contributed by atoms with E-state index in [4.69, 9.17) is 4.74 Å². The van der Waals surface area contributed by atoms with Gasteiger partial charge in [-0.2, -0.15) is 0 Å². The Morgan fingerprint density at radius 2 is 1.77 bits per heavy atom. The second kappa shape index (κ2) is 3.60. The Kier molecular flexibility index (Phi) is 2.71. The van der Waals surface area contributed by atoms with Crippen molar-refractivity contribution in [1.82, 2.24) is 0 Å². The number of hydrogen-bond acceptors (Lipinski definition) is 2. The van der Waals surface area contributed by atoms with Crippen molar-refractivity contribution in [2.24, 2.45) is 0 Å². The van der Waals surface area contributed by atoms with E-state index in [1.165, 1.54) is 0 Å². The summed E-state index contributed by atoms with van der Waals surface area (Å²) in [5.74, 6) is 0.811. The summed E-state index contributed by atoms with van der Waals surface area (Å²) < 4.78 is 5.03. The highest BCUT2D eigenvalue weighted by Crippen LogP contribution is 2.22. The average Bonchev–Trinajstić information content (AvgIpc) is 2.18. The number of ether oxygens (including phenoxy) is 1. The molecule has 2 heteroatoms. The Bertz CT molecular complexity index is 285. The van der Waals surface area contributed by atoms with Gasteiger partial charge >= 0.3 is 0 Å². The van der Waals surface area contributed by atoms with Crippen LogP contribution in [0.1, 0.15) is 19.4 Å². The van der Waals surface area contributed by atoms with Gasteiger partial charge in [-0.25, -0.2) is 0 Å². The molecule has 0 spiro atoms. The van der Waals surface area contributed by atoms with Crippen LogP contribution < -0.4 is 4.74 Å². The van der Waals surface area contributed by atoms with Crippen LogP contribution in [0.15, 0.2) is 24.3 Å². The van der Waals surface area contributed by atoms with E-state index >= 15 is 0 Å². The summed E-state index contributed by atoms with van der Waals surface area (Å²) >= 11 is 0. The van der Waals surface area contributed by atoms with Crippen LogP contribution in [0.2, 0.25) is 0 Å². The zero-order valence-electron chi connectivity index (χ0n) is 8.20. The molecular weight excluding hydrogens is 164 g/mol. The van der Waals surface area contributed by atoms with Crippen LogP contribution in [0, 0.1) is 0 Å². The van der Waals surface area contributed by atoms with Gasteiger partial charge in [0.1, 0.15) is 12.0 Å². The van der Waals surface area contributed by atoms with Crippen molar-refractivity contribution in [1.29, 1.82) is 0 Å². The molecule has 1 aromatic rings. The van der Waals surface area contributed by atoms with E-state index in [1.807, 2.05) is 38.1 Å². The van der Waals surface area contributed by atoms with Gasteiger partial charge in [-0.3, -0.25) is 0 Å². The first-order valence-corrected chi connectivity index (χ1v) is 4.21. The number of rotatable bonds is 3. The molecule has 0 fully saturated rings. The fraction of sp³-hybridized carbons (Fsp3) is 0.364. The molecule has 70 valence electrons. The highest BCUT2D eigenvalue weighted by atomic mass is 16.5. The Morgan fingerprint density at radius 1 is 1.23 bits per heavy atom. The minimum absolute atomic E-state index is 0.410. The highest BCUT2D eigenvalue weighted by Gasteiger charge is 2.18. The highest BCUT2D eigenvalue weighted by molar-refractivity contribution is 5.67. The van der Waals surface area contributed by atoms with E-state index < -0.39 is 5.41 Å². The average molecular weight is 178 g/mol. The van der Waals surface area contributed by atoms with Gasteiger partial charge in [-0.1, -0.05) is 12.1 Å². The molecule has 13 heavy (non-hydrogen) atoms. The summed E-state index contributed by atoms with van der Waals surface area (Å²) in [5, 5.41) is 0. The molecule has 0 saturated carbocycles. The maximum Gasteiger partial charge on any atom is 0.129 e. The number of aldehydes is 1. The second-order valence-electron chi connectivity index (χ2n) is 3.57. The predicted molar refractivity (Wildman–Crippen MR) is 52.1 cm³/mol. The number of carbonyl (C=O) groups excluding carboxylic acids is 1. The van der Waals surface area contributed by atoms with Gasteiger partial charge in [-0.05, 0) is 31.5 Å². The molecule has 0 radical (unpaired) electrons. The molecule has 0 aliphatic rings. The van der Waals surface area contributed by atoms with Crippen molar-refractivity contribution in [3.8, 4) is 5.75 Å². The Morgan fingerprint density at radius 3 is 2.15 bits per heavy atom. The third-order valence-electron chi connectivity index (χ3n) is 2.13. The number of carbonyl (C=O) groups is 1. The Balaban J connectivity index is 2.98. The van der Waals surface area contributed by atoms with Crippen LogP contribution >= 0.6 is 0 Å². The SMILES string of the molecule is COc1ccc(C(C)(C)C=O)cc1. The molecular formula is C11H14O2. The van der Waals surface area contributed by atoms with E-state index in [0.29, 0.717) is 0 Å². The normalized spacial score (nSPS) is 11.0. The minimum Gasteiger partial charge on any atom is -0.497 e. The lowest BCUT2D eigenvalue weighted by molar-refractivity contribution is -0.111. The van der Waals surface area contributed by atoms with E-state index in [2.05, 4.69) is 0 Å². The molecule has 0 aliphatic carbocycles. The minimum atomic E-state index is -0.410. The first kappa shape index (κ1) is 9.78. The van der Waals surface area contributed by atoms with Gasteiger partial charge in [0, 0.05) is 5.41 Å². The summed E-state index contributed by atoms with van der Waals surface area (Å²) in [4.78, 5) is 10.8. The predicted octanol–water partition coefficient (Wildman–Crippen LogP) is 2.17. The van der Waals surface area contributed by atoms with Gasteiger partial charge in [0.15, 0.2) is 0 Å². The molecule has 0 aromatic heterocycles. The summed E-state index contributed by atoms with van der Waals surface area (Å²) in [6, 6.07) is 7.54. The zero-order valence-corrected chi connectivity index (χ0v) is 8.20. The summed E-state index contributed by atoms with van der Waals surface area (Å²) in [7, 11) is 1.62. The Labute approximate surface area is 78.5 Å². The largest absolute Gasteiger partial charge is 0.497 e. The van der Waals surface area contributed by atoms with Crippen molar-refractivity contribution in [3.05, 3.63) is 29.8 Å². The molecule has 0 aliphatic heterocycles. The van der Waals surface area contributed by atoms with Gasteiger partial charge in [0.25, 0.3) is 0 Å². The lowest BCUT2D eigenvalue weighted by Crippen LogP contribution is -2.18. The summed E-state index contributed by atoms with van der Waals surface area (Å²) in [5.41, 5.74) is 0.593. The topological polar surface area (TPSA) is 26.3 Å². The van der Waals surface area contributed by atoms with Crippen LogP contribution in [0.5, 0.6) is 5.75 Å². The Hall–Kier alpha value is -1.31. The molecule has 1 aromatic carbocycles. The molecule has 0 unspecified atom stereocenters. The number of hydrogen-bond donors (Lipinski definition) is 0.